The van der Waals surface area contributed by atoms with Crippen LogP contribution in [0.1, 0.15) is 36.5 Å². The van der Waals surface area contributed by atoms with Gasteiger partial charge in [-0.05, 0) is 111 Å². The van der Waals surface area contributed by atoms with Gasteiger partial charge in [-0.2, -0.15) is 0 Å². The van der Waals surface area contributed by atoms with Gasteiger partial charge in [0.2, 0.25) is 0 Å². The molecule has 5 heteroatoms. The van der Waals surface area contributed by atoms with Crippen LogP contribution in [-0.2, 0) is 0 Å². The van der Waals surface area contributed by atoms with Crippen molar-refractivity contribution in [2.45, 2.75) is 19.8 Å². The van der Waals surface area contributed by atoms with Gasteiger partial charge in [-0.1, -0.05) is 208 Å². The van der Waals surface area contributed by atoms with Crippen LogP contribution in [0, 0.1) is 0 Å². The monoisotopic (exact) mass is 1030 g/mol. The molecule has 15 rings (SSSR count). The molecular weight excluding hydrogens is 975 g/mol. The predicted molar refractivity (Wildman–Crippen MR) is 337 cm³/mol. The average Bonchev–Trinajstić information content (AvgIpc) is 4.23. The van der Waals surface area contributed by atoms with Crippen molar-refractivity contribution in [2.75, 3.05) is 16.3 Å². The summed E-state index contributed by atoms with van der Waals surface area (Å²) in [5.41, 5.74) is 16.5. The summed E-state index contributed by atoms with van der Waals surface area (Å²) in [5.74, 6) is 0.256. The minimum Gasteiger partial charge on any atom is -0.455 e. The SMILES string of the molecule is CC(C)c1cccc2oc3c(ccc4c(C(=Nc5ccccc5)c5ccccc5)c(N(c5ccccc5)c5ccc6ccccc6c5)c5cc(-c6ccc(-c7ccccc7)cc6)c6oc7c(N8C=CC=CC8)cccc7c6c5c43)c12. The molecule has 0 aliphatic carbocycles. The molecular formula is C75H53N3O2. The van der Waals surface area contributed by atoms with Crippen molar-refractivity contribution >= 4 is 110 Å². The molecule has 14 aromatic rings. The molecule has 0 spiro atoms. The van der Waals surface area contributed by atoms with Gasteiger partial charge < -0.3 is 18.6 Å². The number of para-hydroxylation sites is 3. The van der Waals surface area contributed by atoms with Crippen LogP contribution in [-0.4, -0.2) is 12.3 Å². The summed E-state index contributed by atoms with van der Waals surface area (Å²) in [7, 11) is 0. The Morgan fingerprint density at radius 1 is 0.475 bits per heavy atom. The van der Waals surface area contributed by atoms with Crippen LogP contribution in [0.5, 0.6) is 0 Å². The van der Waals surface area contributed by atoms with E-state index < -0.39 is 0 Å². The van der Waals surface area contributed by atoms with Crippen LogP contribution in [0.2, 0.25) is 0 Å². The molecule has 0 saturated carbocycles. The molecule has 380 valence electrons. The molecule has 3 heterocycles. The smallest absolute Gasteiger partial charge is 0.159 e. The highest BCUT2D eigenvalue weighted by atomic mass is 16.3. The zero-order chi connectivity index (χ0) is 53.3. The molecule has 0 radical (unpaired) electrons. The molecule has 5 nitrogen and oxygen atoms in total. The lowest BCUT2D eigenvalue weighted by Gasteiger charge is -2.31. The molecule has 80 heavy (non-hydrogen) atoms. The molecule has 0 unspecified atom stereocenters. The van der Waals surface area contributed by atoms with Gasteiger partial charge in [0.15, 0.2) is 5.58 Å². The van der Waals surface area contributed by atoms with Crippen LogP contribution in [0.25, 0.3) is 98.4 Å². The Bertz CT molecular complexity index is 4800. The molecule has 2 aromatic heterocycles. The Morgan fingerprint density at radius 3 is 1.90 bits per heavy atom. The number of aliphatic imine (C=N–C) groups is 1. The number of rotatable bonds is 10. The van der Waals surface area contributed by atoms with E-state index in [0.717, 1.165) is 145 Å². The Hall–Kier alpha value is -10.2. The maximum Gasteiger partial charge on any atom is 0.159 e. The van der Waals surface area contributed by atoms with Gasteiger partial charge >= 0.3 is 0 Å². The van der Waals surface area contributed by atoms with E-state index in [0.29, 0.717) is 0 Å². The first-order valence-electron chi connectivity index (χ1n) is 27.6. The summed E-state index contributed by atoms with van der Waals surface area (Å²) in [4.78, 5) is 10.6. The first-order chi connectivity index (χ1) is 39.5. The van der Waals surface area contributed by atoms with Gasteiger partial charge in [-0.15, -0.1) is 0 Å². The zero-order valence-corrected chi connectivity index (χ0v) is 44.3. The fourth-order valence-corrected chi connectivity index (χ4v) is 12.3. The second kappa shape index (κ2) is 19.3. The summed E-state index contributed by atoms with van der Waals surface area (Å²) in [6.07, 6.45) is 8.53. The number of hydrogen-bond donors (Lipinski definition) is 0. The van der Waals surface area contributed by atoms with E-state index in [1.54, 1.807) is 0 Å². The van der Waals surface area contributed by atoms with E-state index in [9.17, 15) is 0 Å². The van der Waals surface area contributed by atoms with Crippen molar-refractivity contribution in [3.05, 3.63) is 284 Å². The van der Waals surface area contributed by atoms with Crippen molar-refractivity contribution in [1.29, 1.82) is 0 Å². The molecule has 12 aromatic carbocycles. The highest BCUT2D eigenvalue weighted by Crippen LogP contribution is 2.55. The van der Waals surface area contributed by atoms with Crippen LogP contribution in [0.15, 0.2) is 281 Å². The lowest BCUT2D eigenvalue weighted by Crippen LogP contribution is -2.17. The number of anilines is 4. The Kier molecular flexibility index (Phi) is 11.4. The zero-order valence-electron chi connectivity index (χ0n) is 44.3. The van der Waals surface area contributed by atoms with E-state index in [1.165, 1.54) is 10.9 Å². The van der Waals surface area contributed by atoms with Crippen molar-refractivity contribution in [2.24, 2.45) is 4.99 Å². The molecule has 0 fully saturated rings. The number of fused-ring (bicyclic) bond motifs is 12. The molecule has 0 N–H and O–H groups in total. The third-order valence-corrected chi connectivity index (χ3v) is 16.0. The fourth-order valence-electron chi connectivity index (χ4n) is 12.3. The Morgan fingerprint density at radius 2 is 1.14 bits per heavy atom. The van der Waals surface area contributed by atoms with Gasteiger partial charge in [0.1, 0.15) is 16.7 Å². The maximum atomic E-state index is 7.59. The first-order valence-corrected chi connectivity index (χ1v) is 27.6. The topological polar surface area (TPSA) is 45.1 Å². The normalized spacial score (nSPS) is 12.9. The molecule has 0 atom stereocenters. The Labute approximate surface area is 463 Å². The average molecular weight is 1030 g/mol. The minimum absolute atomic E-state index is 0.256. The van der Waals surface area contributed by atoms with E-state index in [-0.39, 0.29) is 5.92 Å². The number of nitrogens with zero attached hydrogens (tertiary/aromatic N) is 3. The maximum absolute atomic E-state index is 7.59. The number of allylic oxidation sites excluding steroid dienone is 2. The van der Waals surface area contributed by atoms with Crippen molar-refractivity contribution in [1.82, 2.24) is 0 Å². The molecule has 0 amide bonds. The third kappa shape index (κ3) is 7.80. The summed E-state index contributed by atoms with van der Waals surface area (Å²) in [5, 5.41) is 10.6. The van der Waals surface area contributed by atoms with Gasteiger partial charge in [0.05, 0.1) is 22.8 Å². The van der Waals surface area contributed by atoms with E-state index in [2.05, 4.69) is 291 Å². The second-order valence-corrected chi connectivity index (χ2v) is 21.1. The van der Waals surface area contributed by atoms with Crippen LogP contribution >= 0.6 is 0 Å². The first kappa shape index (κ1) is 47.0. The summed E-state index contributed by atoms with van der Waals surface area (Å²) in [6, 6.07) is 87.1. The molecule has 1 aliphatic rings. The van der Waals surface area contributed by atoms with Gasteiger partial charge in [0.25, 0.3) is 0 Å². The third-order valence-electron chi connectivity index (χ3n) is 16.0. The van der Waals surface area contributed by atoms with E-state index in [1.807, 2.05) is 0 Å². The molecule has 0 saturated heterocycles. The minimum atomic E-state index is 0.256. The number of benzene rings is 12. The second-order valence-electron chi connectivity index (χ2n) is 21.1. The van der Waals surface area contributed by atoms with Crippen LogP contribution in [0.3, 0.4) is 0 Å². The highest BCUT2D eigenvalue weighted by molar-refractivity contribution is 6.41. The highest BCUT2D eigenvalue weighted by Gasteiger charge is 2.32. The lowest BCUT2D eigenvalue weighted by atomic mass is 9.84. The van der Waals surface area contributed by atoms with Crippen LogP contribution in [0.4, 0.5) is 28.4 Å². The predicted octanol–water partition coefficient (Wildman–Crippen LogP) is 20.9. The quantitative estimate of drug-likeness (QED) is 0.101. The van der Waals surface area contributed by atoms with E-state index >= 15 is 0 Å². The van der Waals surface area contributed by atoms with E-state index in [4.69, 9.17) is 13.8 Å². The summed E-state index contributed by atoms with van der Waals surface area (Å²) < 4.78 is 15.1. The summed E-state index contributed by atoms with van der Waals surface area (Å²) in [6.45, 7) is 5.26. The lowest BCUT2D eigenvalue weighted by molar-refractivity contribution is 0.669. The number of hydrogen-bond acceptors (Lipinski definition) is 5. The van der Waals surface area contributed by atoms with Crippen molar-refractivity contribution < 1.29 is 8.83 Å². The van der Waals surface area contributed by atoms with Gasteiger partial charge in [0, 0.05) is 78.5 Å². The van der Waals surface area contributed by atoms with Crippen molar-refractivity contribution in [3.8, 4) is 22.3 Å². The fraction of sp³-hybridized carbons (Fsp3) is 0.0533. The van der Waals surface area contributed by atoms with Gasteiger partial charge in [-0.25, -0.2) is 4.99 Å². The Balaban J connectivity index is 1.21. The largest absolute Gasteiger partial charge is 0.455 e. The van der Waals surface area contributed by atoms with Crippen molar-refractivity contribution in [3.63, 3.8) is 0 Å². The van der Waals surface area contributed by atoms with Crippen LogP contribution < -0.4 is 9.80 Å². The molecule has 1 aliphatic heterocycles. The summed E-state index contributed by atoms with van der Waals surface area (Å²) >= 11 is 0. The van der Waals surface area contributed by atoms with Gasteiger partial charge in [-0.3, -0.25) is 0 Å². The standard InChI is InChI=1S/C75H53N3O2/c1-48(2)58-32-21-35-65-66(58)61-43-42-59-68(74(61)79-65)67-63(47-62(52-38-36-51(37-39-52)49-22-8-3-9-23-49)75-69(67)60-33-20-34-64(73(60)80-75)77-44-18-7-19-45-77)72(70(59)71(53-25-10-4-11-26-53)76-55-28-12-5-13-29-55)78(56-30-14-6-15-31-56)57-41-40-50-24-16-17-27-54(50)46-57/h3-44,46-48H,45H2,1-2H3. The molecule has 0 bridgehead atoms. The number of furan rings is 2.